The Morgan fingerprint density at radius 1 is 1.27 bits per heavy atom. The van der Waals surface area contributed by atoms with Gasteiger partial charge in [-0.05, 0) is 54.2 Å². The first-order chi connectivity index (χ1) is 12.6. The number of halogens is 1. The van der Waals surface area contributed by atoms with Crippen molar-refractivity contribution in [2.75, 3.05) is 13.8 Å². The highest BCUT2D eigenvalue weighted by atomic mass is 35.5. The number of fused-ring (bicyclic) bond motifs is 2. The van der Waals surface area contributed by atoms with Crippen molar-refractivity contribution >= 4 is 23.6 Å². The van der Waals surface area contributed by atoms with Crippen molar-refractivity contribution in [1.82, 2.24) is 4.90 Å². The Kier molecular flexibility index (Phi) is 4.60. The van der Waals surface area contributed by atoms with Gasteiger partial charge in [0, 0.05) is 13.1 Å². The third-order valence-electron chi connectivity index (χ3n) is 5.02. The van der Waals surface area contributed by atoms with E-state index in [1.165, 1.54) is 11.1 Å². The molecule has 1 amide bonds. The Bertz CT molecular complexity index is 878. The standard InChI is InChI=1S/C21H20ClNO3/c1-23(18-8-4-6-15-5-2-3-7-16(15)18)20(24)10-9-14-11-17(22)21-19(12-14)25-13-26-21/h2-3,5,7,9-12,18H,4,6,8,13H2,1H3/b10-9+. The zero-order chi connectivity index (χ0) is 18.1. The Morgan fingerprint density at radius 3 is 3.00 bits per heavy atom. The monoisotopic (exact) mass is 369 g/mol. The second-order valence-electron chi connectivity index (χ2n) is 6.63. The number of ether oxygens (including phenoxy) is 2. The molecule has 4 nitrogen and oxygen atoms in total. The first kappa shape index (κ1) is 17.0. The summed E-state index contributed by atoms with van der Waals surface area (Å²) in [7, 11) is 1.87. The number of carbonyl (C=O) groups is 1. The van der Waals surface area contributed by atoms with Crippen LogP contribution in [0.25, 0.3) is 6.08 Å². The number of hydrogen-bond donors (Lipinski definition) is 0. The predicted molar refractivity (Wildman–Crippen MR) is 102 cm³/mol. The SMILES string of the molecule is CN(C(=O)/C=C/c1cc(Cl)c2c(c1)OCO2)C1CCCc2ccccc21. The van der Waals surface area contributed by atoms with Crippen LogP contribution in [0.4, 0.5) is 0 Å². The maximum atomic E-state index is 12.7. The summed E-state index contributed by atoms with van der Waals surface area (Å²) in [5, 5.41) is 0.488. The van der Waals surface area contributed by atoms with Gasteiger partial charge in [0.1, 0.15) is 0 Å². The second kappa shape index (κ2) is 7.04. The molecule has 0 radical (unpaired) electrons. The quantitative estimate of drug-likeness (QED) is 0.741. The molecule has 1 aliphatic heterocycles. The average Bonchev–Trinajstić information content (AvgIpc) is 3.14. The fraction of sp³-hybridized carbons (Fsp3) is 0.286. The molecular formula is C21H20ClNO3. The smallest absolute Gasteiger partial charge is 0.246 e. The first-order valence-electron chi connectivity index (χ1n) is 8.75. The van der Waals surface area contributed by atoms with Crippen molar-refractivity contribution in [1.29, 1.82) is 0 Å². The highest BCUT2D eigenvalue weighted by Crippen LogP contribution is 2.40. The summed E-state index contributed by atoms with van der Waals surface area (Å²) in [4.78, 5) is 14.5. The zero-order valence-corrected chi connectivity index (χ0v) is 15.3. The average molecular weight is 370 g/mol. The van der Waals surface area contributed by atoms with Gasteiger partial charge in [-0.15, -0.1) is 0 Å². The van der Waals surface area contributed by atoms with Crippen LogP contribution in [-0.4, -0.2) is 24.6 Å². The number of aryl methyl sites for hydroxylation is 1. The van der Waals surface area contributed by atoms with Crippen LogP contribution in [0, 0.1) is 0 Å². The van der Waals surface area contributed by atoms with Crippen LogP contribution < -0.4 is 9.47 Å². The minimum atomic E-state index is -0.0273. The minimum Gasteiger partial charge on any atom is -0.454 e. The molecule has 0 bridgehead atoms. The molecule has 2 aliphatic rings. The number of likely N-dealkylation sites (N-methyl/N-ethyl adjacent to an activating group) is 1. The Morgan fingerprint density at radius 2 is 2.12 bits per heavy atom. The van der Waals surface area contributed by atoms with E-state index in [0.717, 1.165) is 24.8 Å². The van der Waals surface area contributed by atoms with E-state index in [0.29, 0.717) is 16.5 Å². The number of nitrogens with zero attached hydrogens (tertiary/aromatic N) is 1. The number of carbonyl (C=O) groups excluding carboxylic acids is 1. The molecule has 1 heterocycles. The van der Waals surface area contributed by atoms with Crippen LogP contribution in [0.1, 0.15) is 35.6 Å². The fourth-order valence-corrected chi connectivity index (χ4v) is 3.93. The van der Waals surface area contributed by atoms with Gasteiger partial charge in [-0.25, -0.2) is 0 Å². The third kappa shape index (κ3) is 3.17. The van der Waals surface area contributed by atoms with Gasteiger partial charge in [-0.1, -0.05) is 35.9 Å². The lowest BCUT2D eigenvalue weighted by atomic mass is 9.87. The van der Waals surface area contributed by atoms with Crippen LogP contribution in [0.3, 0.4) is 0 Å². The lowest BCUT2D eigenvalue weighted by molar-refractivity contribution is -0.127. The first-order valence-corrected chi connectivity index (χ1v) is 9.13. The molecule has 1 atom stereocenters. The van der Waals surface area contributed by atoms with Crippen LogP contribution in [0.2, 0.25) is 5.02 Å². The van der Waals surface area contributed by atoms with Crippen molar-refractivity contribution in [3.63, 3.8) is 0 Å². The van der Waals surface area contributed by atoms with Gasteiger partial charge < -0.3 is 14.4 Å². The molecular weight excluding hydrogens is 350 g/mol. The molecule has 2 aromatic rings. The van der Waals surface area contributed by atoms with Crippen molar-refractivity contribution in [2.45, 2.75) is 25.3 Å². The van der Waals surface area contributed by atoms with Crippen molar-refractivity contribution in [2.24, 2.45) is 0 Å². The summed E-state index contributed by atoms with van der Waals surface area (Å²) >= 11 is 6.20. The number of hydrogen-bond acceptors (Lipinski definition) is 3. The van der Waals surface area contributed by atoms with Gasteiger partial charge in [0.05, 0.1) is 11.1 Å². The van der Waals surface area contributed by atoms with E-state index < -0.39 is 0 Å². The predicted octanol–water partition coefficient (Wildman–Crippen LogP) is 4.62. The van der Waals surface area contributed by atoms with E-state index in [2.05, 4.69) is 18.2 Å². The molecule has 0 saturated heterocycles. The van der Waals surface area contributed by atoms with Crippen molar-refractivity contribution < 1.29 is 14.3 Å². The fourth-order valence-electron chi connectivity index (χ4n) is 3.65. The third-order valence-corrected chi connectivity index (χ3v) is 5.30. The summed E-state index contributed by atoms with van der Waals surface area (Å²) in [6.07, 6.45) is 6.52. The van der Waals surface area contributed by atoms with Gasteiger partial charge in [-0.3, -0.25) is 4.79 Å². The van der Waals surface area contributed by atoms with Crippen LogP contribution in [0.15, 0.2) is 42.5 Å². The van der Waals surface area contributed by atoms with E-state index in [9.17, 15) is 4.79 Å². The molecule has 1 aliphatic carbocycles. The molecule has 0 N–H and O–H groups in total. The minimum absolute atomic E-state index is 0.0273. The van der Waals surface area contributed by atoms with E-state index in [4.69, 9.17) is 21.1 Å². The summed E-state index contributed by atoms with van der Waals surface area (Å²) in [5.41, 5.74) is 3.41. The molecule has 4 rings (SSSR count). The lowest BCUT2D eigenvalue weighted by Crippen LogP contribution is -2.32. The Hall–Kier alpha value is -2.46. The molecule has 0 spiro atoms. The number of amides is 1. The second-order valence-corrected chi connectivity index (χ2v) is 7.03. The molecule has 0 fully saturated rings. The van der Waals surface area contributed by atoms with Gasteiger partial charge in [0.2, 0.25) is 12.7 Å². The topological polar surface area (TPSA) is 38.8 Å². The van der Waals surface area contributed by atoms with E-state index in [1.807, 2.05) is 24.1 Å². The maximum Gasteiger partial charge on any atom is 0.246 e. The van der Waals surface area contributed by atoms with Gasteiger partial charge >= 0.3 is 0 Å². The van der Waals surface area contributed by atoms with Gasteiger partial charge in [0.25, 0.3) is 0 Å². The van der Waals surface area contributed by atoms with Gasteiger partial charge in [0.15, 0.2) is 11.5 Å². The summed E-state index contributed by atoms with van der Waals surface area (Å²) in [6, 6.07) is 12.1. The lowest BCUT2D eigenvalue weighted by Gasteiger charge is -2.32. The van der Waals surface area contributed by atoms with E-state index in [1.54, 1.807) is 18.2 Å². The Balaban J connectivity index is 1.52. The van der Waals surface area contributed by atoms with Crippen LogP contribution >= 0.6 is 11.6 Å². The molecule has 0 aromatic heterocycles. The zero-order valence-electron chi connectivity index (χ0n) is 14.6. The maximum absolute atomic E-state index is 12.7. The normalized spacial score (nSPS) is 18.0. The largest absolute Gasteiger partial charge is 0.454 e. The molecule has 26 heavy (non-hydrogen) atoms. The van der Waals surface area contributed by atoms with Crippen LogP contribution in [0.5, 0.6) is 11.5 Å². The molecule has 0 saturated carbocycles. The van der Waals surface area contributed by atoms with Crippen LogP contribution in [-0.2, 0) is 11.2 Å². The number of rotatable bonds is 3. The van der Waals surface area contributed by atoms with E-state index in [-0.39, 0.29) is 18.7 Å². The molecule has 1 unspecified atom stereocenters. The van der Waals surface area contributed by atoms with Crippen molar-refractivity contribution in [3.05, 3.63) is 64.2 Å². The Labute approximate surface area is 158 Å². The highest BCUT2D eigenvalue weighted by Gasteiger charge is 2.25. The molecule has 2 aromatic carbocycles. The summed E-state index contributed by atoms with van der Waals surface area (Å²) in [6.45, 7) is 0.172. The summed E-state index contributed by atoms with van der Waals surface area (Å²) in [5.74, 6) is 1.14. The highest BCUT2D eigenvalue weighted by molar-refractivity contribution is 6.32. The van der Waals surface area contributed by atoms with Crippen molar-refractivity contribution in [3.8, 4) is 11.5 Å². The van der Waals surface area contributed by atoms with E-state index >= 15 is 0 Å². The van der Waals surface area contributed by atoms with Gasteiger partial charge in [-0.2, -0.15) is 0 Å². The number of benzene rings is 2. The summed E-state index contributed by atoms with van der Waals surface area (Å²) < 4.78 is 10.7. The molecule has 134 valence electrons. The molecule has 5 heteroatoms.